The van der Waals surface area contributed by atoms with Crippen LogP contribution in [0.1, 0.15) is 86.5 Å². The molecule has 0 aromatic carbocycles. The third kappa shape index (κ3) is 3.17. The summed E-state index contributed by atoms with van der Waals surface area (Å²) >= 11 is 0. The van der Waals surface area contributed by atoms with E-state index in [1.54, 1.807) is 11.1 Å². The Bertz CT molecular complexity index is 789. The lowest BCUT2D eigenvalue weighted by atomic mass is 9.51. The van der Waals surface area contributed by atoms with Gasteiger partial charge in [-0.3, -0.25) is 4.79 Å². The largest absolute Gasteiger partial charge is 0.414 e. The van der Waals surface area contributed by atoms with E-state index in [0.29, 0.717) is 29.6 Å². The lowest BCUT2D eigenvalue weighted by Gasteiger charge is -2.54. The van der Waals surface area contributed by atoms with Crippen molar-refractivity contribution >= 4 is 14.1 Å². The minimum atomic E-state index is -1.81. The smallest absolute Gasteiger partial charge is 0.192 e. The minimum Gasteiger partial charge on any atom is -0.414 e. The van der Waals surface area contributed by atoms with E-state index < -0.39 is 8.32 Å². The molecule has 30 heavy (non-hydrogen) atoms. The standard InChI is InChI=1S/C27H44O2Si/c1-18(2)25(3,4)30(7,8)29-20-13-15-26(5)19(17-20)9-10-21-22-11-12-24(28)27(22,6)16-14-23(21)26/h9-10,18,20,22-23H,11-17H2,1-8H3/t20-,22-,23-,26-,27-/m0/s1. The quantitative estimate of drug-likeness (QED) is 0.434. The maximum absolute atomic E-state index is 12.6. The van der Waals surface area contributed by atoms with Gasteiger partial charge in [0.15, 0.2) is 8.32 Å². The molecule has 0 aromatic heterocycles. The SMILES string of the molecule is CC(C)C(C)(C)[Si](C)(C)O[C@H]1CC[C@@]2(C)C(=CC=C3[C@@H]2CC[C@]2(C)C(=O)CC[C@@H]32)C1. The summed E-state index contributed by atoms with van der Waals surface area (Å²) in [5.41, 5.74) is 3.42. The number of rotatable bonds is 4. The maximum atomic E-state index is 12.6. The Labute approximate surface area is 186 Å². The zero-order valence-corrected chi connectivity index (χ0v) is 21.7. The van der Waals surface area contributed by atoms with Gasteiger partial charge in [-0.05, 0) is 79.8 Å². The molecule has 2 nitrogen and oxygen atoms in total. The summed E-state index contributed by atoms with van der Waals surface area (Å²) in [6.07, 6.45) is 12.9. The van der Waals surface area contributed by atoms with Gasteiger partial charge in [-0.15, -0.1) is 0 Å². The van der Waals surface area contributed by atoms with E-state index in [1.807, 2.05) is 0 Å². The third-order valence-electron chi connectivity index (χ3n) is 10.7. The number of allylic oxidation sites excluding steroid dienone is 3. The van der Waals surface area contributed by atoms with Crippen molar-refractivity contribution in [2.75, 3.05) is 0 Å². The molecule has 0 aromatic rings. The highest BCUT2D eigenvalue weighted by Crippen LogP contribution is 2.62. The van der Waals surface area contributed by atoms with Gasteiger partial charge in [0.2, 0.25) is 0 Å². The fourth-order valence-electron chi connectivity index (χ4n) is 7.11. The number of carbonyl (C=O) groups is 1. The number of carbonyl (C=O) groups excluding carboxylic acids is 1. The van der Waals surface area contributed by atoms with Gasteiger partial charge in [-0.2, -0.15) is 0 Å². The molecule has 4 aliphatic rings. The molecule has 0 amide bonds. The number of Topliss-reactive ketones (excluding diaryl/α,β-unsaturated/α-hetero) is 1. The molecule has 0 saturated heterocycles. The number of fused-ring (bicyclic) bond motifs is 5. The third-order valence-corrected chi connectivity index (χ3v) is 15.3. The Kier molecular flexibility index (Phi) is 5.38. The van der Waals surface area contributed by atoms with Crippen molar-refractivity contribution in [3.63, 3.8) is 0 Å². The van der Waals surface area contributed by atoms with Gasteiger partial charge < -0.3 is 4.43 Å². The highest BCUT2D eigenvalue weighted by Gasteiger charge is 2.56. The van der Waals surface area contributed by atoms with Gasteiger partial charge in [0, 0.05) is 17.9 Å². The van der Waals surface area contributed by atoms with E-state index in [4.69, 9.17) is 4.43 Å². The van der Waals surface area contributed by atoms with Crippen LogP contribution in [0.3, 0.4) is 0 Å². The first-order valence-electron chi connectivity index (χ1n) is 12.4. The van der Waals surface area contributed by atoms with E-state index in [2.05, 4.69) is 66.8 Å². The zero-order valence-electron chi connectivity index (χ0n) is 20.7. The molecular weight excluding hydrogens is 384 g/mol. The van der Waals surface area contributed by atoms with Crippen molar-refractivity contribution in [2.45, 2.75) is 111 Å². The summed E-state index contributed by atoms with van der Waals surface area (Å²) in [4.78, 5) is 12.6. The summed E-state index contributed by atoms with van der Waals surface area (Å²) in [6, 6.07) is 0. The molecule has 3 fully saturated rings. The van der Waals surface area contributed by atoms with Gasteiger partial charge in [0.1, 0.15) is 5.78 Å². The van der Waals surface area contributed by atoms with Gasteiger partial charge >= 0.3 is 0 Å². The molecule has 4 aliphatic carbocycles. The lowest BCUT2D eigenvalue weighted by Crippen LogP contribution is -2.50. The second-order valence-corrected chi connectivity index (χ2v) is 17.2. The van der Waals surface area contributed by atoms with Gasteiger partial charge in [-0.1, -0.05) is 64.8 Å². The molecular formula is C27H44O2Si. The number of hydrogen-bond acceptors (Lipinski definition) is 2. The topological polar surface area (TPSA) is 26.3 Å². The summed E-state index contributed by atoms with van der Waals surface area (Å²) < 4.78 is 6.97. The van der Waals surface area contributed by atoms with Crippen LogP contribution < -0.4 is 0 Å². The number of hydrogen-bond donors (Lipinski definition) is 0. The van der Waals surface area contributed by atoms with Crippen molar-refractivity contribution in [1.29, 1.82) is 0 Å². The van der Waals surface area contributed by atoms with Gasteiger partial charge in [0.05, 0.1) is 0 Å². The molecule has 0 unspecified atom stereocenters. The van der Waals surface area contributed by atoms with Gasteiger partial charge in [0.25, 0.3) is 0 Å². The van der Waals surface area contributed by atoms with Crippen molar-refractivity contribution in [3.8, 4) is 0 Å². The van der Waals surface area contributed by atoms with Crippen LogP contribution in [0.25, 0.3) is 0 Å². The molecule has 0 aliphatic heterocycles. The summed E-state index contributed by atoms with van der Waals surface area (Å²) in [6.45, 7) is 19.1. The first kappa shape index (κ1) is 22.5. The van der Waals surface area contributed by atoms with Crippen molar-refractivity contribution < 1.29 is 9.22 Å². The summed E-state index contributed by atoms with van der Waals surface area (Å²) in [5, 5.41) is 0.268. The average Bonchev–Trinajstić information content (AvgIpc) is 2.96. The first-order valence-corrected chi connectivity index (χ1v) is 15.4. The van der Waals surface area contributed by atoms with E-state index >= 15 is 0 Å². The molecule has 168 valence electrons. The van der Waals surface area contributed by atoms with E-state index in [0.717, 1.165) is 25.7 Å². The second-order valence-electron chi connectivity index (χ2n) is 12.7. The lowest BCUT2D eigenvalue weighted by molar-refractivity contribution is -0.127. The van der Waals surface area contributed by atoms with Crippen LogP contribution >= 0.6 is 0 Å². The minimum absolute atomic E-state index is 0.0809. The van der Waals surface area contributed by atoms with Crippen LogP contribution in [0.4, 0.5) is 0 Å². The Morgan fingerprint density at radius 1 is 1.03 bits per heavy atom. The van der Waals surface area contributed by atoms with E-state index in [-0.39, 0.29) is 15.9 Å². The normalized spacial score (nSPS) is 39.2. The van der Waals surface area contributed by atoms with Crippen molar-refractivity contribution in [3.05, 3.63) is 23.3 Å². The predicted molar refractivity (Wildman–Crippen MR) is 128 cm³/mol. The van der Waals surface area contributed by atoms with Crippen LogP contribution in [0.15, 0.2) is 23.3 Å². The predicted octanol–water partition coefficient (Wildman–Crippen LogP) is 7.46. The molecule has 0 spiro atoms. The molecule has 3 heteroatoms. The molecule has 0 heterocycles. The number of ketones is 1. The first-order chi connectivity index (χ1) is 13.8. The fraction of sp³-hybridized carbons (Fsp3) is 0.815. The Morgan fingerprint density at radius 3 is 2.33 bits per heavy atom. The maximum Gasteiger partial charge on any atom is 0.192 e. The Balaban J connectivity index is 1.56. The summed E-state index contributed by atoms with van der Waals surface area (Å²) in [5.74, 6) is 2.28. The van der Waals surface area contributed by atoms with Crippen LogP contribution in [0, 0.1) is 28.6 Å². The molecule has 4 rings (SSSR count). The molecule has 0 N–H and O–H groups in total. The highest BCUT2D eigenvalue weighted by molar-refractivity contribution is 6.74. The molecule has 5 atom stereocenters. The second kappa shape index (κ2) is 7.17. The fourth-order valence-corrected chi connectivity index (χ4v) is 9.84. The molecule has 3 saturated carbocycles. The van der Waals surface area contributed by atoms with Crippen LogP contribution in [0.5, 0.6) is 0 Å². The van der Waals surface area contributed by atoms with Crippen LogP contribution in [-0.2, 0) is 9.22 Å². The Morgan fingerprint density at radius 2 is 1.67 bits per heavy atom. The monoisotopic (exact) mass is 428 g/mol. The van der Waals surface area contributed by atoms with E-state index in [9.17, 15) is 4.79 Å². The molecule has 0 bridgehead atoms. The molecule has 0 radical (unpaired) electrons. The van der Waals surface area contributed by atoms with Crippen LogP contribution in [0.2, 0.25) is 18.1 Å². The van der Waals surface area contributed by atoms with Crippen LogP contribution in [-0.4, -0.2) is 20.2 Å². The van der Waals surface area contributed by atoms with Crippen molar-refractivity contribution in [2.24, 2.45) is 28.6 Å². The highest BCUT2D eigenvalue weighted by atomic mass is 28.4. The Hall–Kier alpha value is -0.673. The van der Waals surface area contributed by atoms with Crippen molar-refractivity contribution in [1.82, 2.24) is 0 Å². The summed E-state index contributed by atoms with van der Waals surface area (Å²) in [7, 11) is -1.81. The van der Waals surface area contributed by atoms with Gasteiger partial charge in [-0.25, -0.2) is 0 Å². The van der Waals surface area contributed by atoms with E-state index in [1.165, 1.54) is 19.3 Å². The zero-order chi connectivity index (χ0) is 22.1. The average molecular weight is 429 g/mol.